The quantitative estimate of drug-likeness (QED) is 0.436. The summed E-state index contributed by atoms with van der Waals surface area (Å²) in [4.78, 5) is 11.3. The highest BCUT2D eigenvalue weighted by Crippen LogP contribution is 2.59. The lowest BCUT2D eigenvalue weighted by molar-refractivity contribution is -0.271. The van der Waals surface area contributed by atoms with Gasteiger partial charge in [0.05, 0.1) is 6.10 Å². The number of carboxylic acids is 1. The van der Waals surface area contributed by atoms with Gasteiger partial charge in [0.25, 0.3) is 0 Å². The molecule has 0 radical (unpaired) electrons. The van der Waals surface area contributed by atoms with Crippen molar-refractivity contribution in [1.82, 2.24) is 0 Å². The summed E-state index contributed by atoms with van der Waals surface area (Å²) in [6, 6.07) is 5.64. The molecule has 3 fully saturated rings. The van der Waals surface area contributed by atoms with Crippen molar-refractivity contribution < 1.29 is 39.8 Å². The molecular formula is C24H30O8. The maximum absolute atomic E-state index is 11.3. The third kappa shape index (κ3) is 3.28. The highest BCUT2D eigenvalue weighted by molar-refractivity contribution is 5.73. The Hall–Kier alpha value is -1.97. The van der Waals surface area contributed by atoms with Gasteiger partial charge in [-0.15, -0.1) is 0 Å². The summed E-state index contributed by atoms with van der Waals surface area (Å²) >= 11 is 0. The number of hydrogen-bond donors (Lipinski definition) is 5. The monoisotopic (exact) mass is 446 g/mol. The van der Waals surface area contributed by atoms with Crippen LogP contribution in [-0.4, -0.2) is 68.3 Å². The lowest BCUT2D eigenvalue weighted by Gasteiger charge is -2.46. The maximum atomic E-state index is 11.3. The van der Waals surface area contributed by atoms with Crippen molar-refractivity contribution in [1.29, 1.82) is 0 Å². The fourth-order valence-electron chi connectivity index (χ4n) is 6.27. The molecular weight excluding hydrogens is 416 g/mol. The Bertz CT molecular complexity index is 944. The van der Waals surface area contributed by atoms with Gasteiger partial charge in [-0.05, 0) is 61.3 Å². The summed E-state index contributed by atoms with van der Waals surface area (Å²) in [7, 11) is 0. The number of aliphatic hydroxyl groups is 4. The molecule has 3 aliphatic carbocycles. The van der Waals surface area contributed by atoms with Crippen LogP contribution in [0, 0.1) is 11.3 Å². The number of ether oxygens (including phenoxy) is 2. The summed E-state index contributed by atoms with van der Waals surface area (Å²) in [6.45, 7) is 2.21. The molecule has 0 aromatic heterocycles. The van der Waals surface area contributed by atoms with Gasteiger partial charge in [-0.25, -0.2) is 4.79 Å². The first kappa shape index (κ1) is 21.9. The Labute approximate surface area is 186 Å². The van der Waals surface area contributed by atoms with Gasteiger partial charge < -0.3 is 35.0 Å². The zero-order chi connectivity index (χ0) is 22.8. The topological polar surface area (TPSA) is 137 Å². The molecule has 5 rings (SSSR count). The van der Waals surface area contributed by atoms with E-state index in [9.17, 15) is 30.3 Å². The number of allylic oxidation sites excluding steroid dienone is 2. The lowest BCUT2D eigenvalue weighted by atomic mass is 9.59. The summed E-state index contributed by atoms with van der Waals surface area (Å²) in [5, 5.41) is 49.8. The van der Waals surface area contributed by atoms with E-state index >= 15 is 0 Å². The van der Waals surface area contributed by atoms with Gasteiger partial charge >= 0.3 is 5.97 Å². The summed E-state index contributed by atoms with van der Waals surface area (Å²) < 4.78 is 10.9. The second-order valence-electron chi connectivity index (χ2n) is 9.86. The highest BCUT2D eigenvalue weighted by Gasteiger charge is 2.52. The van der Waals surface area contributed by atoms with Gasteiger partial charge in [-0.1, -0.05) is 24.6 Å². The highest BCUT2D eigenvalue weighted by atomic mass is 16.7. The molecule has 0 bridgehead atoms. The standard InChI is InChI=1S/C24H30O8/c1-24-9-8-14-13-5-3-12(10-11(13)2-4-15(14)16(24)6-7-17(24)25)31-23-20(28)18(26)19(27)21(32-23)22(29)30/h3-5,10,14,16-21,23,25-28H,2,6-9H2,1H3,(H,29,30)/t14?,16?,17-,18+,19+,20-,21+,23-,24+/m1/s1. The van der Waals surface area contributed by atoms with E-state index in [0.29, 0.717) is 17.6 Å². The molecule has 9 atom stereocenters. The average Bonchev–Trinajstić information content (AvgIpc) is 3.08. The smallest absolute Gasteiger partial charge is 0.335 e. The van der Waals surface area contributed by atoms with Gasteiger partial charge in [0.1, 0.15) is 24.1 Å². The van der Waals surface area contributed by atoms with Crippen molar-refractivity contribution in [2.45, 2.75) is 81.8 Å². The molecule has 2 unspecified atom stereocenters. The molecule has 0 amide bonds. The van der Waals surface area contributed by atoms with Crippen molar-refractivity contribution >= 4 is 5.97 Å². The molecule has 4 aliphatic rings. The maximum Gasteiger partial charge on any atom is 0.335 e. The van der Waals surface area contributed by atoms with Crippen LogP contribution in [-0.2, 0) is 16.0 Å². The molecule has 8 nitrogen and oxygen atoms in total. The largest absolute Gasteiger partial charge is 0.479 e. The van der Waals surface area contributed by atoms with Crippen LogP contribution in [0.15, 0.2) is 29.8 Å². The fourth-order valence-corrected chi connectivity index (χ4v) is 6.27. The Morgan fingerprint density at radius 2 is 1.88 bits per heavy atom. The SMILES string of the molecule is C[C@]12CCC3C(=CCc4cc(O[C@@H]5O[C@H](C(=O)O)[C@@H](O)[C@H](O)[C@H]5O)ccc43)C1CC[C@H]2O. The summed E-state index contributed by atoms with van der Waals surface area (Å²) in [6.07, 6.45) is -1.54. The van der Waals surface area contributed by atoms with Crippen LogP contribution in [0.2, 0.25) is 0 Å². The molecule has 32 heavy (non-hydrogen) atoms. The van der Waals surface area contributed by atoms with Crippen LogP contribution < -0.4 is 4.74 Å². The van der Waals surface area contributed by atoms with Crippen molar-refractivity contribution in [2.75, 3.05) is 0 Å². The van der Waals surface area contributed by atoms with Crippen LogP contribution >= 0.6 is 0 Å². The van der Waals surface area contributed by atoms with Crippen LogP contribution in [0.1, 0.15) is 49.7 Å². The lowest BCUT2D eigenvalue weighted by Crippen LogP contribution is -2.61. The molecule has 1 aromatic carbocycles. The molecule has 5 N–H and O–H groups in total. The molecule has 1 saturated heterocycles. The molecule has 174 valence electrons. The zero-order valence-corrected chi connectivity index (χ0v) is 17.9. The van der Waals surface area contributed by atoms with E-state index in [-0.39, 0.29) is 11.5 Å². The van der Waals surface area contributed by atoms with E-state index in [1.807, 2.05) is 12.1 Å². The molecule has 1 heterocycles. The molecule has 1 aromatic rings. The van der Waals surface area contributed by atoms with Crippen LogP contribution in [0.3, 0.4) is 0 Å². The summed E-state index contributed by atoms with van der Waals surface area (Å²) in [5.74, 6) is -0.316. The van der Waals surface area contributed by atoms with E-state index in [2.05, 4.69) is 13.0 Å². The first-order valence-electron chi connectivity index (χ1n) is 11.3. The molecule has 1 aliphatic heterocycles. The van der Waals surface area contributed by atoms with Crippen molar-refractivity contribution in [3.63, 3.8) is 0 Å². The zero-order valence-electron chi connectivity index (χ0n) is 17.9. The predicted octanol–water partition coefficient (Wildman–Crippen LogP) is 1.09. The first-order valence-corrected chi connectivity index (χ1v) is 11.3. The van der Waals surface area contributed by atoms with Crippen LogP contribution in [0.4, 0.5) is 0 Å². The Morgan fingerprint density at radius 3 is 2.62 bits per heavy atom. The first-order chi connectivity index (χ1) is 15.2. The third-order valence-electron chi connectivity index (χ3n) is 8.18. The minimum atomic E-state index is -1.75. The number of aliphatic carboxylic acids is 1. The van der Waals surface area contributed by atoms with Gasteiger partial charge in [0.2, 0.25) is 6.29 Å². The Morgan fingerprint density at radius 1 is 1.09 bits per heavy atom. The average molecular weight is 446 g/mol. The second-order valence-corrected chi connectivity index (χ2v) is 9.86. The van der Waals surface area contributed by atoms with E-state index in [4.69, 9.17) is 9.47 Å². The predicted molar refractivity (Wildman–Crippen MR) is 112 cm³/mol. The normalized spacial score (nSPS) is 43.0. The number of hydrogen-bond acceptors (Lipinski definition) is 7. The number of carbonyl (C=O) groups is 1. The summed E-state index contributed by atoms with van der Waals surface area (Å²) in [5.41, 5.74) is 3.73. The van der Waals surface area contributed by atoms with Crippen molar-refractivity contribution in [2.24, 2.45) is 11.3 Å². The number of carboxylic acid groups (broad SMARTS) is 1. The van der Waals surface area contributed by atoms with Gasteiger partial charge in [-0.3, -0.25) is 0 Å². The van der Waals surface area contributed by atoms with E-state index in [0.717, 1.165) is 37.7 Å². The number of aliphatic hydroxyl groups excluding tert-OH is 4. The van der Waals surface area contributed by atoms with E-state index in [1.165, 1.54) is 11.1 Å². The second kappa shape index (κ2) is 7.81. The minimum absolute atomic E-state index is 0.0383. The van der Waals surface area contributed by atoms with Crippen LogP contribution in [0.25, 0.3) is 0 Å². The van der Waals surface area contributed by atoms with E-state index < -0.39 is 36.7 Å². The fraction of sp³-hybridized carbons (Fsp3) is 0.625. The van der Waals surface area contributed by atoms with Gasteiger partial charge in [0, 0.05) is 11.3 Å². The number of benzene rings is 1. The number of fused-ring (bicyclic) bond motifs is 5. The molecule has 8 heteroatoms. The third-order valence-corrected chi connectivity index (χ3v) is 8.18. The minimum Gasteiger partial charge on any atom is -0.479 e. The number of rotatable bonds is 3. The van der Waals surface area contributed by atoms with Gasteiger partial charge in [0.15, 0.2) is 6.10 Å². The van der Waals surface area contributed by atoms with Gasteiger partial charge in [-0.2, -0.15) is 0 Å². The van der Waals surface area contributed by atoms with Crippen LogP contribution in [0.5, 0.6) is 5.75 Å². The van der Waals surface area contributed by atoms with Crippen molar-refractivity contribution in [3.05, 3.63) is 41.0 Å². The van der Waals surface area contributed by atoms with Crippen molar-refractivity contribution in [3.8, 4) is 5.75 Å². The Balaban J connectivity index is 1.36. The molecule has 0 spiro atoms. The molecule has 2 saturated carbocycles. The Kier molecular flexibility index (Phi) is 5.34. The van der Waals surface area contributed by atoms with E-state index in [1.54, 1.807) is 6.07 Å².